The largest absolute Gasteiger partial charge is 0.327 e. The zero-order valence-electron chi connectivity index (χ0n) is 10.9. The van der Waals surface area contributed by atoms with E-state index in [1.165, 1.54) is 6.42 Å². The van der Waals surface area contributed by atoms with Crippen molar-refractivity contribution in [1.82, 2.24) is 9.38 Å². The quantitative estimate of drug-likeness (QED) is 0.876. The Morgan fingerprint density at radius 3 is 3.11 bits per heavy atom. The Morgan fingerprint density at radius 2 is 2.26 bits per heavy atom. The number of rotatable bonds is 3. The molecule has 102 valence electrons. The maximum Gasteiger partial charge on any atom is 0.193 e. The van der Waals surface area contributed by atoms with Gasteiger partial charge in [-0.3, -0.25) is 9.20 Å². The first-order valence-electron chi connectivity index (χ1n) is 6.93. The first-order chi connectivity index (χ1) is 9.24. The van der Waals surface area contributed by atoms with Gasteiger partial charge in [-0.05, 0) is 12.8 Å². The van der Waals surface area contributed by atoms with Gasteiger partial charge in [0.15, 0.2) is 4.96 Å². The fraction of sp³-hybridized carbons (Fsp3) is 0.571. The molecule has 0 aromatic carbocycles. The van der Waals surface area contributed by atoms with E-state index in [0.29, 0.717) is 6.42 Å². The topological polar surface area (TPSA) is 60.4 Å². The third-order valence-corrected chi connectivity index (χ3v) is 4.75. The highest BCUT2D eigenvalue weighted by Gasteiger charge is 2.27. The summed E-state index contributed by atoms with van der Waals surface area (Å²) in [4.78, 5) is 17.8. The Morgan fingerprint density at radius 1 is 1.42 bits per heavy atom. The summed E-state index contributed by atoms with van der Waals surface area (Å²) < 4.78 is 1.97. The van der Waals surface area contributed by atoms with Crippen molar-refractivity contribution >= 4 is 22.1 Å². The van der Waals surface area contributed by atoms with Crippen molar-refractivity contribution in [2.75, 3.05) is 0 Å². The third-order valence-electron chi connectivity index (χ3n) is 3.98. The fourth-order valence-corrected chi connectivity index (χ4v) is 3.63. The molecule has 2 aromatic rings. The van der Waals surface area contributed by atoms with Crippen LogP contribution in [0.1, 0.15) is 37.8 Å². The van der Waals surface area contributed by atoms with Gasteiger partial charge < -0.3 is 5.73 Å². The molecular weight excluding hydrogens is 258 g/mol. The smallest absolute Gasteiger partial charge is 0.193 e. The number of hydrogen-bond donors (Lipinski definition) is 1. The lowest BCUT2D eigenvalue weighted by Gasteiger charge is -2.19. The molecule has 5 heteroatoms. The van der Waals surface area contributed by atoms with Gasteiger partial charge in [-0.15, -0.1) is 11.3 Å². The van der Waals surface area contributed by atoms with Crippen LogP contribution in [0.3, 0.4) is 0 Å². The minimum atomic E-state index is 0.0298. The van der Waals surface area contributed by atoms with Crippen molar-refractivity contribution in [3.63, 3.8) is 0 Å². The van der Waals surface area contributed by atoms with Crippen LogP contribution in [0.15, 0.2) is 17.8 Å². The molecule has 0 aliphatic heterocycles. The summed E-state index contributed by atoms with van der Waals surface area (Å²) in [6.45, 7) is 0. The molecule has 1 aliphatic carbocycles. The van der Waals surface area contributed by atoms with Crippen molar-refractivity contribution in [2.45, 2.75) is 44.6 Å². The lowest BCUT2D eigenvalue weighted by Crippen LogP contribution is -2.35. The Bertz CT molecular complexity index is 546. The number of nitrogens with two attached hydrogens (primary N) is 1. The van der Waals surface area contributed by atoms with E-state index < -0.39 is 0 Å². The third kappa shape index (κ3) is 2.72. The molecule has 2 atom stereocenters. The molecule has 0 bridgehead atoms. The first kappa shape index (κ1) is 12.8. The predicted molar refractivity (Wildman–Crippen MR) is 76.3 cm³/mol. The zero-order chi connectivity index (χ0) is 13.2. The number of Topliss-reactive ketones (excluding diaryl/α,β-unsaturated/α-hetero) is 1. The monoisotopic (exact) mass is 277 g/mol. The number of aromatic nitrogens is 2. The van der Waals surface area contributed by atoms with E-state index in [0.717, 1.165) is 36.3 Å². The van der Waals surface area contributed by atoms with Gasteiger partial charge in [0.2, 0.25) is 0 Å². The number of imidazole rings is 1. The minimum Gasteiger partial charge on any atom is -0.327 e. The van der Waals surface area contributed by atoms with Gasteiger partial charge in [0.05, 0.1) is 12.1 Å². The van der Waals surface area contributed by atoms with Crippen LogP contribution in [0, 0.1) is 5.92 Å². The summed E-state index contributed by atoms with van der Waals surface area (Å²) in [5.41, 5.74) is 7.01. The summed E-state index contributed by atoms with van der Waals surface area (Å²) >= 11 is 1.59. The van der Waals surface area contributed by atoms with E-state index in [1.54, 1.807) is 11.3 Å². The Kier molecular flexibility index (Phi) is 3.66. The summed E-state index contributed by atoms with van der Waals surface area (Å²) in [6, 6.07) is 0.0405. The molecule has 4 nitrogen and oxygen atoms in total. The van der Waals surface area contributed by atoms with Crippen LogP contribution in [0.2, 0.25) is 0 Å². The van der Waals surface area contributed by atoms with Crippen molar-refractivity contribution in [2.24, 2.45) is 11.7 Å². The van der Waals surface area contributed by atoms with Gasteiger partial charge >= 0.3 is 0 Å². The van der Waals surface area contributed by atoms with Gasteiger partial charge in [0.1, 0.15) is 5.78 Å². The van der Waals surface area contributed by atoms with E-state index in [-0.39, 0.29) is 17.7 Å². The number of fused-ring (bicyclic) bond motifs is 1. The molecule has 1 saturated carbocycles. The molecule has 2 aromatic heterocycles. The first-order valence-corrected chi connectivity index (χ1v) is 7.81. The maximum atomic E-state index is 12.4. The highest BCUT2D eigenvalue weighted by atomic mass is 32.1. The molecule has 0 amide bonds. The molecule has 0 saturated heterocycles. The molecule has 0 spiro atoms. The second-order valence-corrected chi connectivity index (χ2v) is 6.25. The fourth-order valence-electron chi connectivity index (χ4n) is 2.91. The number of carbonyl (C=O) groups excluding carboxylic acids is 1. The highest BCUT2D eigenvalue weighted by molar-refractivity contribution is 7.15. The van der Waals surface area contributed by atoms with Crippen LogP contribution in [0.4, 0.5) is 0 Å². The van der Waals surface area contributed by atoms with E-state index in [2.05, 4.69) is 4.98 Å². The van der Waals surface area contributed by atoms with Crippen LogP contribution in [0.25, 0.3) is 4.96 Å². The van der Waals surface area contributed by atoms with E-state index >= 15 is 0 Å². The molecule has 2 heterocycles. The molecule has 1 aliphatic rings. The average molecular weight is 277 g/mol. The van der Waals surface area contributed by atoms with Gasteiger partial charge in [-0.1, -0.05) is 19.3 Å². The number of thiazole rings is 1. The number of hydrogen-bond acceptors (Lipinski definition) is 4. The summed E-state index contributed by atoms with van der Waals surface area (Å²) in [6.07, 6.45) is 9.76. The predicted octanol–water partition coefficient (Wildman–Crippen LogP) is 2.42. The van der Waals surface area contributed by atoms with Gasteiger partial charge in [-0.25, -0.2) is 4.98 Å². The maximum absolute atomic E-state index is 12.4. The summed E-state index contributed by atoms with van der Waals surface area (Å²) in [5.74, 6) is 0.294. The Labute approximate surface area is 116 Å². The molecular formula is C14H19N3OS. The normalized spacial score (nSPS) is 24.5. The van der Waals surface area contributed by atoms with E-state index in [4.69, 9.17) is 5.73 Å². The van der Waals surface area contributed by atoms with Crippen molar-refractivity contribution in [1.29, 1.82) is 0 Å². The Balaban J connectivity index is 1.71. The van der Waals surface area contributed by atoms with Crippen LogP contribution < -0.4 is 5.73 Å². The second-order valence-electron chi connectivity index (χ2n) is 5.38. The molecule has 0 radical (unpaired) electrons. The molecule has 1 fully saturated rings. The highest BCUT2D eigenvalue weighted by Crippen LogP contribution is 2.24. The van der Waals surface area contributed by atoms with Crippen molar-refractivity contribution < 1.29 is 4.79 Å². The summed E-state index contributed by atoms with van der Waals surface area (Å²) in [5, 5.41) is 2.00. The molecule has 2 N–H and O–H groups in total. The second kappa shape index (κ2) is 5.43. The van der Waals surface area contributed by atoms with Crippen LogP contribution in [0.5, 0.6) is 0 Å². The lowest BCUT2D eigenvalue weighted by atomic mass is 9.89. The molecule has 3 rings (SSSR count). The van der Waals surface area contributed by atoms with Gasteiger partial charge in [0.25, 0.3) is 0 Å². The molecule has 2 unspecified atom stereocenters. The standard InChI is InChI=1S/C14H19N3OS/c15-12-5-3-1-2-4-11(12)13(18)8-10-9-17-6-7-19-14(17)16-10/h6-7,9,11-12H,1-5,8,15H2. The SMILES string of the molecule is NC1CCCCCC1C(=O)Cc1cn2ccsc2n1. The van der Waals surface area contributed by atoms with Gasteiger partial charge in [0, 0.05) is 29.7 Å². The lowest BCUT2D eigenvalue weighted by molar-refractivity contribution is -0.123. The minimum absolute atomic E-state index is 0.0298. The van der Waals surface area contributed by atoms with E-state index in [1.807, 2.05) is 22.2 Å². The van der Waals surface area contributed by atoms with Crippen molar-refractivity contribution in [3.05, 3.63) is 23.5 Å². The zero-order valence-corrected chi connectivity index (χ0v) is 11.7. The molecule has 19 heavy (non-hydrogen) atoms. The number of ketones is 1. The number of nitrogens with zero attached hydrogens (tertiary/aromatic N) is 2. The number of carbonyl (C=O) groups is 1. The van der Waals surface area contributed by atoms with Crippen molar-refractivity contribution in [3.8, 4) is 0 Å². The summed E-state index contributed by atoms with van der Waals surface area (Å²) in [7, 11) is 0. The van der Waals surface area contributed by atoms with Crippen LogP contribution in [-0.4, -0.2) is 21.2 Å². The van der Waals surface area contributed by atoms with E-state index in [9.17, 15) is 4.79 Å². The van der Waals surface area contributed by atoms with Gasteiger partial charge in [-0.2, -0.15) is 0 Å². The average Bonchev–Trinajstić information content (AvgIpc) is 2.86. The van der Waals surface area contributed by atoms with Crippen LogP contribution >= 0.6 is 11.3 Å². The van der Waals surface area contributed by atoms with Crippen LogP contribution in [-0.2, 0) is 11.2 Å². The Hall–Kier alpha value is -1.20.